The van der Waals surface area contributed by atoms with Gasteiger partial charge >= 0.3 is 0 Å². The van der Waals surface area contributed by atoms with Gasteiger partial charge in [-0.05, 0) is 100 Å². The Morgan fingerprint density at radius 1 is 0.604 bits per heavy atom. The molecular formula is C70H111ClN12O13. The number of amides is 11. The second-order valence-electron chi connectivity index (χ2n) is 28.4. The van der Waals surface area contributed by atoms with Crippen LogP contribution in [0.4, 0.5) is 0 Å². The number of benzene rings is 1. The van der Waals surface area contributed by atoms with Crippen molar-refractivity contribution in [2.75, 3.05) is 109 Å². The Balaban J connectivity index is 1.23. The number of likely N-dealkylation sites (N-methyl/N-ethyl adjacent to an activating group) is 7. The smallest absolute Gasteiger partial charge is 0.248 e. The van der Waals surface area contributed by atoms with Crippen LogP contribution in [0.1, 0.15) is 168 Å². The Labute approximate surface area is 574 Å². The van der Waals surface area contributed by atoms with E-state index >= 15 is 19.2 Å². The first kappa shape index (κ1) is 76.9. The topological polar surface area (TPSA) is 271 Å². The van der Waals surface area contributed by atoms with Crippen molar-refractivity contribution in [3.8, 4) is 0 Å². The van der Waals surface area contributed by atoms with Crippen LogP contribution in [-0.2, 0) is 68.8 Å². The highest BCUT2D eigenvalue weighted by Crippen LogP contribution is 2.37. The normalized spacial score (nSPS) is 27.5. The average molecular weight is 1360 g/mol. The summed E-state index contributed by atoms with van der Waals surface area (Å²) in [7, 11) is 10.5. The van der Waals surface area contributed by atoms with Crippen molar-refractivity contribution >= 4 is 76.6 Å². The van der Waals surface area contributed by atoms with Crippen LogP contribution in [0, 0.1) is 17.8 Å². The SMILES string of the molecule is CCC(C)C1NC(=O)[C@H](C)N(C)C(=O)C[C@@H](COCN2CCCCC2)N(C)C(=O)[C@H](C2CCCCC2)N(C)C(=O)C2(CCCC2)NC(=O)[C@@H]2CCCN2C(=O)[C@H](COCc2cccc(Cl)c2)NC(=O)CN(C)C(=O)[C@H](CC2CCCCC2)N(C)C(=O)CN(C)C(=O)CN(C)C1=O. The highest BCUT2D eigenvalue weighted by atomic mass is 35.5. The standard InChI is InChI=1S/C70H111ClN12O13/c1-11-47(2)61-67(92)77(6)41-59(86)75(4)42-60(87)80(9)56(38-49-25-15-12-16-26-49)66(91)76(5)40-57(84)72-54(45-95-43-50-27-23-30-52(71)37-50)65(90)83-36-24-31-55(83)64(89)74-70(32-19-20-33-70)69(94)81(10)62(51-28-17-13-18-29-51)68(93)79(8)53(44-96-46-82-34-21-14-22-35-82)39-58(85)78(7)48(3)63(88)73-61/h23,27,30,37,47-49,51,53-56,61-62H,11-22,24-26,28-29,31-36,38-46H2,1-10H3,(H,72,84)(H,73,88)(H,74,89)/t47?,48-,53-,54-,55-,56-,61?,62-/m0/s1. The van der Waals surface area contributed by atoms with Gasteiger partial charge in [0.15, 0.2) is 0 Å². The van der Waals surface area contributed by atoms with Crippen molar-refractivity contribution in [3.63, 3.8) is 0 Å². The van der Waals surface area contributed by atoms with Gasteiger partial charge in [-0.1, -0.05) is 115 Å². The molecule has 3 saturated heterocycles. The fraction of sp³-hybridized carbons (Fsp3) is 0.757. The Morgan fingerprint density at radius 3 is 1.90 bits per heavy atom. The summed E-state index contributed by atoms with van der Waals surface area (Å²) in [6, 6.07) is -0.591. The second kappa shape index (κ2) is 36.4. The van der Waals surface area contributed by atoms with E-state index in [1.54, 1.807) is 52.2 Å². The Hall–Kier alpha value is -6.44. The van der Waals surface area contributed by atoms with E-state index in [0.717, 1.165) is 83.7 Å². The average Bonchev–Trinajstić information content (AvgIpc) is 1.44. The maximum Gasteiger partial charge on any atom is 0.248 e. The zero-order valence-corrected chi connectivity index (χ0v) is 59.7. The summed E-state index contributed by atoms with van der Waals surface area (Å²) < 4.78 is 12.5. The van der Waals surface area contributed by atoms with Crippen LogP contribution in [0.5, 0.6) is 0 Å². The summed E-state index contributed by atoms with van der Waals surface area (Å²) in [5, 5.41) is 9.32. The molecule has 7 rings (SSSR count). The Kier molecular flexibility index (Phi) is 29.2. The molecule has 8 atom stereocenters. The molecule has 3 saturated carbocycles. The van der Waals surface area contributed by atoms with E-state index in [0.29, 0.717) is 49.1 Å². The van der Waals surface area contributed by atoms with Gasteiger partial charge in [-0.25, -0.2) is 0 Å². The third-order valence-electron chi connectivity index (χ3n) is 21.4. The predicted molar refractivity (Wildman–Crippen MR) is 362 cm³/mol. The van der Waals surface area contributed by atoms with E-state index in [9.17, 15) is 33.6 Å². The quantitative estimate of drug-likeness (QED) is 0.247. The highest BCUT2D eigenvalue weighted by molar-refractivity contribution is 6.30. The van der Waals surface area contributed by atoms with Gasteiger partial charge in [-0.2, -0.15) is 0 Å². The molecule has 2 unspecified atom stereocenters. The molecular weight excluding hydrogens is 1250 g/mol. The predicted octanol–water partition coefficient (Wildman–Crippen LogP) is 4.41. The van der Waals surface area contributed by atoms with Gasteiger partial charge in [0.05, 0.1) is 52.2 Å². The van der Waals surface area contributed by atoms with Gasteiger partial charge in [-0.3, -0.25) is 57.6 Å². The summed E-state index contributed by atoms with van der Waals surface area (Å²) in [6.07, 6.45) is 14.6. The number of halogens is 1. The van der Waals surface area contributed by atoms with Crippen molar-refractivity contribution in [1.82, 2.24) is 60.0 Å². The Bertz CT molecular complexity index is 2860. The van der Waals surface area contributed by atoms with Crippen LogP contribution in [0.3, 0.4) is 0 Å². The van der Waals surface area contributed by atoms with Crippen molar-refractivity contribution in [3.05, 3.63) is 34.9 Å². The number of hydrogen-bond acceptors (Lipinski definition) is 14. The third-order valence-corrected chi connectivity index (χ3v) is 21.7. The molecule has 96 heavy (non-hydrogen) atoms. The number of nitrogens with zero attached hydrogens (tertiary/aromatic N) is 9. The van der Waals surface area contributed by atoms with Gasteiger partial charge in [0.2, 0.25) is 65.0 Å². The first-order valence-corrected chi connectivity index (χ1v) is 35.8. The summed E-state index contributed by atoms with van der Waals surface area (Å²) >= 11 is 6.31. The number of nitrogens with one attached hydrogen (secondary N) is 3. The maximum atomic E-state index is 15.7. The number of likely N-dealkylation sites (tertiary alicyclic amines) is 1. The molecule has 1 aromatic carbocycles. The molecule has 0 radical (unpaired) electrons. The molecule has 26 heteroatoms. The van der Waals surface area contributed by atoms with Crippen LogP contribution in [0.25, 0.3) is 0 Å². The Morgan fingerprint density at radius 2 is 1.24 bits per heavy atom. The van der Waals surface area contributed by atoms with E-state index in [2.05, 4.69) is 20.9 Å². The molecule has 11 amide bonds. The zero-order chi connectivity index (χ0) is 70.0. The van der Waals surface area contributed by atoms with Crippen LogP contribution in [0.15, 0.2) is 24.3 Å². The summed E-state index contributed by atoms with van der Waals surface area (Å²) in [5.74, 6) is -6.74. The van der Waals surface area contributed by atoms with E-state index in [1.165, 1.54) is 74.4 Å². The lowest BCUT2D eigenvalue weighted by Gasteiger charge is -2.43. The van der Waals surface area contributed by atoms with Gasteiger partial charge in [0.1, 0.15) is 41.8 Å². The zero-order valence-electron chi connectivity index (χ0n) is 58.9. The second-order valence-corrected chi connectivity index (χ2v) is 28.9. The van der Waals surface area contributed by atoms with Gasteiger partial charge in [0.25, 0.3) is 0 Å². The fourth-order valence-electron chi connectivity index (χ4n) is 14.8. The summed E-state index contributed by atoms with van der Waals surface area (Å²) in [4.78, 5) is 175. The minimum atomic E-state index is -1.45. The maximum absolute atomic E-state index is 15.7. The van der Waals surface area contributed by atoms with Gasteiger partial charge < -0.3 is 64.6 Å². The number of fused-ring (bicyclic) bond motifs is 1. The molecule has 3 aliphatic carbocycles. The molecule has 3 aliphatic heterocycles. The van der Waals surface area contributed by atoms with Crippen LogP contribution in [-0.4, -0.2) is 265 Å². The van der Waals surface area contributed by atoms with Gasteiger partial charge in [0, 0.05) is 80.4 Å². The number of carbonyl (C=O) groups excluding carboxylic acids is 11. The molecule has 1 aromatic rings. The summed E-state index contributed by atoms with van der Waals surface area (Å²) in [6.45, 7) is 5.47. The molecule has 0 aromatic heterocycles. The molecule has 3 N–H and O–H groups in total. The molecule has 3 heterocycles. The number of hydrogen-bond donors (Lipinski definition) is 3. The minimum Gasteiger partial charge on any atom is -0.374 e. The monoisotopic (exact) mass is 1360 g/mol. The molecule has 6 aliphatic rings. The number of ether oxygens (including phenoxy) is 2. The van der Waals surface area contributed by atoms with Crippen molar-refractivity contribution < 1.29 is 62.2 Å². The van der Waals surface area contributed by atoms with E-state index < -0.39 is 138 Å². The lowest BCUT2D eigenvalue weighted by Crippen LogP contribution is -2.65. The van der Waals surface area contributed by atoms with Crippen molar-refractivity contribution in [2.45, 2.75) is 216 Å². The van der Waals surface area contributed by atoms with Crippen LogP contribution in [0.2, 0.25) is 5.02 Å². The number of piperidine rings is 1. The number of rotatable bonds is 13. The van der Waals surface area contributed by atoms with Crippen molar-refractivity contribution in [1.29, 1.82) is 0 Å². The van der Waals surface area contributed by atoms with Crippen molar-refractivity contribution in [2.24, 2.45) is 17.8 Å². The van der Waals surface area contributed by atoms with E-state index in [1.807, 2.05) is 6.92 Å². The summed E-state index contributed by atoms with van der Waals surface area (Å²) in [5.41, 5.74) is -0.746. The lowest BCUT2D eigenvalue weighted by molar-refractivity contribution is -0.154. The fourth-order valence-corrected chi connectivity index (χ4v) is 15.1. The van der Waals surface area contributed by atoms with Crippen LogP contribution >= 0.6 is 11.6 Å². The largest absolute Gasteiger partial charge is 0.374 e. The third kappa shape index (κ3) is 20.3. The first-order valence-electron chi connectivity index (χ1n) is 35.4. The minimum absolute atomic E-state index is 0.0138. The first-order chi connectivity index (χ1) is 45.7. The molecule has 25 nitrogen and oxygen atoms in total. The van der Waals surface area contributed by atoms with Gasteiger partial charge in [-0.15, -0.1) is 0 Å². The molecule has 1 spiro atoms. The lowest BCUT2D eigenvalue weighted by atomic mass is 9.81. The molecule has 536 valence electrons. The highest BCUT2D eigenvalue weighted by Gasteiger charge is 2.51. The van der Waals surface area contributed by atoms with E-state index in [4.69, 9.17) is 21.1 Å². The van der Waals surface area contributed by atoms with Crippen LogP contribution < -0.4 is 16.0 Å². The van der Waals surface area contributed by atoms with E-state index in [-0.39, 0.29) is 77.0 Å². The number of carbonyl (C=O) groups is 11. The molecule has 6 fully saturated rings. The molecule has 0 bridgehead atoms.